The quantitative estimate of drug-likeness (QED) is 0.615. The summed E-state index contributed by atoms with van der Waals surface area (Å²) in [5.74, 6) is 0.776. The minimum Gasteiger partial charge on any atom is -0.388 e. The molecule has 0 aliphatic rings. The molecule has 1 N–H and O–H groups in total. The molecule has 0 spiro atoms. The number of nitrogens with one attached hydrogen (secondary N) is 1. The van der Waals surface area contributed by atoms with Crippen molar-refractivity contribution < 1.29 is 4.92 Å². The second-order valence-corrected chi connectivity index (χ2v) is 3.65. The van der Waals surface area contributed by atoms with E-state index in [9.17, 15) is 10.1 Å². The lowest BCUT2D eigenvalue weighted by molar-refractivity contribution is -0.384. The van der Waals surface area contributed by atoms with Gasteiger partial charge in [0.2, 0.25) is 0 Å². The average molecular weight is 212 g/mol. The van der Waals surface area contributed by atoms with Gasteiger partial charge in [0.1, 0.15) is 0 Å². The summed E-state index contributed by atoms with van der Waals surface area (Å²) in [5, 5.41) is 13.5. The predicted molar refractivity (Wildman–Crippen MR) is 59.9 cm³/mol. The molecule has 4 nitrogen and oxygen atoms in total. The Morgan fingerprint density at radius 1 is 1.57 bits per heavy atom. The number of nitro groups is 1. The number of thioether (sulfide) groups is 1. The minimum atomic E-state index is -0.372. The van der Waals surface area contributed by atoms with Gasteiger partial charge in [0.15, 0.2) is 0 Å². The lowest BCUT2D eigenvalue weighted by Crippen LogP contribution is -1.96. The number of non-ortho nitro benzene ring substituents is 1. The van der Waals surface area contributed by atoms with Crippen LogP contribution in [0.5, 0.6) is 0 Å². The van der Waals surface area contributed by atoms with E-state index in [-0.39, 0.29) is 10.6 Å². The van der Waals surface area contributed by atoms with Crippen LogP contribution in [0.4, 0.5) is 11.4 Å². The molecule has 0 unspecified atom stereocenters. The molecule has 76 valence electrons. The van der Waals surface area contributed by atoms with Crippen molar-refractivity contribution in [2.24, 2.45) is 0 Å². The number of benzene rings is 1. The Hall–Kier alpha value is -1.23. The topological polar surface area (TPSA) is 55.2 Å². The fourth-order valence-electron chi connectivity index (χ4n) is 1.21. The monoisotopic (exact) mass is 212 g/mol. The predicted octanol–water partition coefficient (Wildman–Crippen LogP) is 2.50. The van der Waals surface area contributed by atoms with E-state index in [1.807, 2.05) is 13.3 Å². The average Bonchev–Trinajstić information content (AvgIpc) is 2.18. The molecule has 0 heterocycles. The SMILES string of the molecule is CNc1ccc([N+](=O)[O-])cc1CSC. The maximum absolute atomic E-state index is 10.5. The molecule has 14 heavy (non-hydrogen) atoms. The van der Waals surface area contributed by atoms with Crippen molar-refractivity contribution in [1.82, 2.24) is 0 Å². The highest BCUT2D eigenvalue weighted by Gasteiger charge is 2.09. The standard InChI is InChI=1S/C9H12N2O2S/c1-10-9-4-3-8(11(12)13)5-7(9)6-14-2/h3-5,10H,6H2,1-2H3. The van der Waals surface area contributed by atoms with Gasteiger partial charge in [-0.15, -0.1) is 0 Å². The molecule has 0 fully saturated rings. The van der Waals surface area contributed by atoms with E-state index < -0.39 is 0 Å². The molecular formula is C9H12N2O2S. The molecule has 0 amide bonds. The van der Waals surface area contributed by atoms with Gasteiger partial charge in [-0.25, -0.2) is 0 Å². The number of anilines is 1. The summed E-state index contributed by atoms with van der Waals surface area (Å²) in [6, 6.07) is 4.86. The highest BCUT2D eigenvalue weighted by Crippen LogP contribution is 2.24. The van der Waals surface area contributed by atoms with Gasteiger partial charge < -0.3 is 5.32 Å². The zero-order chi connectivity index (χ0) is 10.6. The Bertz CT molecular complexity index is 342. The molecule has 1 rings (SSSR count). The van der Waals surface area contributed by atoms with Gasteiger partial charge in [0, 0.05) is 30.6 Å². The Kier molecular flexibility index (Phi) is 3.76. The maximum Gasteiger partial charge on any atom is 0.269 e. The molecule has 1 aromatic rings. The van der Waals surface area contributed by atoms with Crippen molar-refractivity contribution >= 4 is 23.1 Å². The third kappa shape index (κ3) is 2.38. The lowest BCUT2D eigenvalue weighted by Gasteiger charge is -2.06. The highest BCUT2D eigenvalue weighted by atomic mass is 32.2. The van der Waals surface area contributed by atoms with E-state index in [0.717, 1.165) is 17.0 Å². The summed E-state index contributed by atoms with van der Waals surface area (Å²) < 4.78 is 0. The first-order valence-corrected chi connectivity index (χ1v) is 5.52. The van der Waals surface area contributed by atoms with E-state index in [1.54, 1.807) is 23.9 Å². The first-order valence-electron chi connectivity index (χ1n) is 4.13. The van der Waals surface area contributed by atoms with E-state index in [1.165, 1.54) is 6.07 Å². The fraction of sp³-hybridized carbons (Fsp3) is 0.333. The molecule has 0 aliphatic carbocycles. The number of nitrogens with zero attached hydrogens (tertiary/aromatic N) is 1. The Labute approximate surface area is 86.9 Å². The molecule has 0 aromatic heterocycles. The zero-order valence-corrected chi connectivity index (χ0v) is 8.93. The summed E-state index contributed by atoms with van der Waals surface area (Å²) >= 11 is 1.64. The Balaban J connectivity index is 3.07. The molecule has 0 saturated heterocycles. The molecule has 5 heteroatoms. The number of hydrogen-bond donors (Lipinski definition) is 1. The van der Waals surface area contributed by atoms with Gasteiger partial charge in [-0.2, -0.15) is 11.8 Å². The Morgan fingerprint density at radius 2 is 2.29 bits per heavy atom. The number of hydrogen-bond acceptors (Lipinski definition) is 4. The van der Waals surface area contributed by atoms with Crippen LogP contribution >= 0.6 is 11.8 Å². The van der Waals surface area contributed by atoms with Gasteiger partial charge in [0.05, 0.1) is 4.92 Å². The molecule has 0 radical (unpaired) electrons. The largest absolute Gasteiger partial charge is 0.388 e. The second-order valence-electron chi connectivity index (χ2n) is 2.78. The first kappa shape index (κ1) is 10.8. The molecule has 0 saturated carbocycles. The summed E-state index contributed by atoms with van der Waals surface area (Å²) in [5.41, 5.74) is 2.06. The van der Waals surface area contributed by atoms with E-state index in [4.69, 9.17) is 0 Å². The zero-order valence-electron chi connectivity index (χ0n) is 8.11. The van der Waals surface area contributed by atoms with Gasteiger partial charge in [0.25, 0.3) is 5.69 Å². The summed E-state index contributed by atoms with van der Waals surface area (Å²) in [7, 11) is 1.81. The van der Waals surface area contributed by atoms with Crippen LogP contribution in [0.15, 0.2) is 18.2 Å². The highest BCUT2D eigenvalue weighted by molar-refractivity contribution is 7.97. The second kappa shape index (κ2) is 4.85. The van der Waals surface area contributed by atoms with Crippen LogP contribution in [0.3, 0.4) is 0 Å². The maximum atomic E-state index is 10.5. The van der Waals surface area contributed by atoms with E-state index in [2.05, 4.69) is 5.32 Å². The van der Waals surface area contributed by atoms with Gasteiger partial charge >= 0.3 is 0 Å². The normalized spacial score (nSPS) is 9.86. The van der Waals surface area contributed by atoms with Gasteiger partial charge in [-0.3, -0.25) is 10.1 Å². The summed E-state index contributed by atoms with van der Waals surface area (Å²) in [4.78, 5) is 10.2. The minimum absolute atomic E-state index is 0.146. The van der Waals surface area contributed by atoms with Crippen LogP contribution < -0.4 is 5.32 Å². The van der Waals surface area contributed by atoms with Crippen molar-refractivity contribution in [3.8, 4) is 0 Å². The van der Waals surface area contributed by atoms with Crippen molar-refractivity contribution in [1.29, 1.82) is 0 Å². The fourth-order valence-corrected chi connectivity index (χ4v) is 1.76. The summed E-state index contributed by atoms with van der Waals surface area (Å²) in [6.45, 7) is 0. The van der Waals surface area contributed by atoms with E-state index in [0.29, 0.717) is 0 Å². The number of nitro benzene ring substituents is 1. The smallest absolute Gasteiger partial charge is 0.269 e. The van der Waals surface area contributed by atoms with Crippen LogP contribution in [0, 0.1) is 10.1 Å². The van der Waals surface area contributed by atoms with Crippen molar-refractivity contribution in [3.63, 3.8) is 0 Å². The Morgan fingerprint density at radius 3 is 2.79 bits per heavy atom. The molecule has 0 aliphatic heterocycles. The van der Waals surface area contributed by atoms with Crippen LogP contribution in [0.25, 0.3) is 0 Å². The lowest BCUT2D eigenvalue weighted by atomic mass is 10.2. The third-order valence-corrected chi connectivity index (χ3v) is 2.47. The van der Waals surface area contributed by atoms with Gasteiger partial charge in [-0.05, 0) is 17.9 Å². The first-order chi connectivity index (χ1) is 6.69. The van der Waals surface area contributed by atoms with Crippen molar-refractivity contribution in [3.05, 3.63) is 33.9 Å². The molecule has 0 bridgehead atoms. The number of rotatable bonds is 4. The van der Waals surface area contributed by atoms with Crippen LogP contribution in [-0.4, -0.2) is 18.2 Å². The molecule has 1 aromatic carbocycles. The summed E-state index contributed by atoms with van der Waals surface area (Å²) in [6.07, 6.45) is 1.97. The van der Waals surface area contributed by atoms with Gasteiger partial charge in [-0.1, -0.05) is 0 Å². The van der Waals surface area contributed by atoms with Crippen molar-refractivity contribution in [2.75, 3.05) is 18.6 Å². The van der Waals surface area contributed by atoms with Crippen molar-refractivity contribution in [2.45, 2.75) is 5.75 Å². The van der Waals surface area contributed by atoms with Crippen LogP contribution in [-0.2, 0) is 5.75 Å². The third-order valence-electron chi connectivity index (χ3n) is 1.87. The van der Waals surface area contributed by atoms with Crippen LogP contribution in [0.2, 0.25) is 0 Å². The molecule has 0 atom stereocenters. The van der Waals surface area contributed by atoms with Crippen LogP contribution in [0.1, 0.15) is 5.56 Å². The van der Waals surface area contributed by atoms with E-state index >= 15 is 0 Å². The molecular weight excluding hydrogens is 200 g/mol.